The number of piperidine rings is 1. The van der Waals surface area contributed by atoms with E-state index in [1.165, 1.54) is 19.4 Å². The zero-order valence-corrected chi connectivity index (χ0v) is 11.8. The van der Waals surface area contributed by atoms with Crippen molar-refractivity contribution in [1.29, 1.82) is 0 Å². The Morgan fingerprint density at radius 3 is 2.85 bits per heavy atom. The number of benzene rings is 1. The quantitative estimate of drug-likeness (QED) is 0.876. The van der Waals surface area contributed by atoms with Crippen LogP contribution in [0, 0.1) is 0 Å². The summed E-state index contributed by atoms with van der Waals surface area (Å²) in [5.41, 5.74) is 6.92. The van der Waals surface area contributed by atoms with Crippen molar-refractivity contribution in [3.63, 3.8) is 0 Å². The molecule has 4 heteroatoms. The van der Waals surface area contributed by atoms with Crippen molar-refractivity contribution in [3.05, 3.63) is 35.9 Å². The molecule has 3 atom stereocenters. The molecule has 1 amide bonds. The SMILES string of the molecule is N[C@H](C(=O)NC1CCN2CCCC2C1)c1ccccc1. The largest absolute Gasteiger partial charge is 0.352 e. The number of carbonyl (C=O) groups excluding carboxylic acids is 1. The van der Waals surface area contributed by atoms with Gasteiger partial charge < -0.3 is 16.0 Å². The minimum absolute atomic E-state index is 0.0485. The van der Waals surface area contributed by atoms with E-state index in [2.05, 4.69) is 10.2 Å². The first kappa shape index (κ1) is 13.6. The molecule has 3 N–H and O–H groups in total. The Morgan fingerprint density at radius 2 is 2.05 bits per heavy atom. The van der Waals surface area contributed by atoms with Gasteiger partial charge in [-0.3, -0.25) is 4.79 Å². The normalized spacial score (nSPS) is 27.9. The van der Waals surface area contributed by atoms with Crippen molar-refractivity contribution in [2.45, 2.75) is 43.8 Å². The number of hydrogen-bond acceptors (Lipinski definition) is 3. The van der Waals surface area contributed by atoms with Gasteiger partial charge in [-0.25, -0.2) is 0 Å². The lowest BCUT2D eigenvalue weighted by atomic mass is 9.97. The van der Waals surface area contributed by atoms with Gasteiger partial charge in [-0.1, -0.05) is 30.3 Å². The number of hydrogen-bond donors (Lipinski definition) is 2. The number of carbonyl (C=O) groups is 1. The zero-order chi connectivity index (χ0) is 13.9. The van der Waals surface area contributed by atoms with Crippen molar-refractivity contribution >= 4 is 5.91 Å². The van der Waals surface area contributed by atoms with Gasteiger partial charge in [-0.05, 0) is 37.8 Å². The van der Waals surface area contributed by atoms with E-state index in [1.807, 2.05) is 30.3 Å². The Kier molecular flexibility index (Phi) is 4.03. The van der Waals surface area contributed by atoms with E-state index in [0.717, 1.165) is 24.9 Å². The standard InChI is InChI=1S/C16H23N3O/c17-15(12-5-2-1-3-6-12)16(20)18-13-8-10-19-9-4-7-14(19)11-13/h1-3,5-6,13-15H,4,7-11,17H2,(H,18,20)/t13?,14?,15-/m0/s1. The van der Waals surface area contributed by atoms with Gasteiger partial charge in [-0.15, -0.1) is 0 Å². The second-order valence-electron chi connectivity index (χ2n) is 5.95. The van der Waals surface area contributed by atoms with Crippen molar-refractivity contribution < 1.29 is 4.79 Å². The molecule has 4 nitrogen and oxygen atoms in total. The lowest BCUT2D eigenvalue weighted by Gasteiger charge is -2.35. The van der Waals surface area contributed by atoms with Gasteiger partial charge in [0, 0.05) is 18.6 Å². The summed E-state index contributed by atoms with van der Waals surface area (Å²) in [7, 11) is 0. The lowest BCUT2D eigenvalue weighted by molar-refractivity contribution is -0.123. The Balaban J connectivity index is 1.56. The van der Waals surface area contributed by atoms with Gasteiger partial charge in [0.05, 0.1) is 0 Å². The average molecular weight is 273 g/mol. The summed E-state index contributed by atoms with van der Waals surface area (Å²) in [6.07, 6.45) is 4.70. The highest BCUT2D eigenvalue weighted by Gasteiger charge is 2.32. The van der Waals surface area contributed by atoms with Crippen LogP contribution in [-0.2, 0) is 4.79 Å². The molecule has 3 rings (SSSR count). The van der Waals surface area contributed by atoms with E-state index < -0.39 is 6.04 Å². The monoisotopic (exact) mass is 273 g/mol. The maximum Gasteiger partial charge on any atom is 0.241 e. The maximum absolute atomic E-state index is 12.3. The van der Waals surface area contributed by atoms with Crippen molar-refractivity contribution in [3.8, 4) is 0 Å². The molecule has 0 saturated carbocycles. The number of amides is 1. The minimum atomic E-state index is -0.558. The van der Waals surface area contributed by atoms with E-state index >= 15 is 0 Å². The molecule has 0 aliphatic carbocycles. The molecule has 2 aliphatic heterocycles. The van der Waals surface area contributed by atoms with Crippen LogP contribution < -0.4 is 11.1 Å². The van der Waals surface area contributed by atoms with Crippen LogP contribution in [0.2, 0.25) is 0 Å². The van der Waals surface area contributed by atoms with Gasteiger partial charge in [-0.2, -0.15) is 0 Å². The third-order valence-electron chi connectivity index (χ3n) is 4.61. The summed E-state index contributed by atoms with van der Waals surface area (Å²) < 4.78 is 0. The number of rotatable bonds is 3. The Morgan fingerprint density at radius 1 is 1.25 bits per heavy atom. The van der Waals surface area contributed by atoms with Crippen LogP contribution in [0.5, 0.6) is 0 Å². The van der Waals surface area contributed by atoms with Crippen LogP contribution in [0.1, 0.15) is 37.3 Å². The molecule has 0 aromatic heterocycles. The van der Waals surface area contributed by atoms with E-state index in [1.54, 1.807) is 0 Å². The summed E-state index contributed by atoms with van der Waals surface area (Å²) in [6, 6.07) is 9.98. The second-order valence-corrected chi connectivity index (χ2v) is 5.95. The van der Waals surface area contributed by atoms with E-state index in [0.29, 0.717) is 6.04 Å². The van der Waals surface area contributed by atoms with Gasteiger partial charge in [0.15, 0.2) is 0 Å². The first-order chi connectivity index (χ1) is 9.74. The number of nitrogens with two attached hydrogens (primary N) is 1. The van der Waals surface area contributed by atoms with Crippen LogP contribution in [-0.4, -0.2) is 36.0 Å². The topological polar surface area (TPSA) is 58.4 Å². The van der Waals surface area contributed by atoms with Crippen molar-refractivity contribution in [1.82, 2.24) is 10.2 Å². The van der Waals surface area contributed by atoms with Gasteiger partial charge in [0.25, 0.3) is 0 Å². The highest BCUT2D eigenvalue weighted by atomic mass is 16.2. The van der Waals surface area contributed by atoms with Crippen LogP contribution >= 0.6 is 0 Å². The van der Waals surface area contributed by atoms with Gasteiger partial charge >= 0.3 is 0 Å². The van der Waals surface area contributed by atoms with E-state index in [-0.39, 0.29) is 11.9 Å². The molecule has 2 fully saturated rings. The van der Waals surface area contributed by atoms with Gasteiger partial charge in [0.2, 0.25) is 5.91 Å². The van der Waals surface area contributed by atoms with Crippen LogP contribution in [0.25, 0.3) is 0 Å². The fourth-order valence-electron chi connectivity index (χ4n) is 3.46. The third kappa shape index (κ3) is 2.86. The summed E-state index contributed by atoms with van der Waals surface area (Å²) in [4.78, 5) is 14.8. The molecule has 2 aliphatic rings. The molecule has 0 bridgehead atoms. The van der Waals surface area contributed by atoms with Crippen LogP contribution in [0.4, 0.5) is 0 Å². The summed E-state index contributed by atoms with van der Waals surface area (Å²) in [5, 5.41) is 3.14. The molecule has 1 aromatic rings. The third-order valence-corrected chi connectivity index (χ3v) is 4.61. The highest BCUT2D eigenvalue weighted by molar-refractivity contribution is 5.83. The molecule has 108 valence electrons. The smallest absolute Gasteiger partial charge is 0.241 e. The van der Waals surface area contributed by atoms with Crippen molar-refractivity contribution in [2.24, 2.45) is 5.73 Å². The van der Waals surface area contributed by atoms with E-state index in [4.69, 9.17) is 5.73 Å². The lowest BCUT2D eigenvalue weighted by Crippen LogP contribution is -2.49. The Bertz CT molecular complexity index is 462. The minimum Gasteiger partial charge on any atom is -0.352 e. The Hall–Kier alpha value is -1.39. The summed E-state index contributed by atoms with van der Waals surface area (Å²) >= 11 is 0. The molecule has 0 radical (unpaired) electrons. The first-order valence-electron chi connectivity index (χ1n) is 7.59. The van der Waals surface area contributed by atoms with Crippen LogP contribution in [0.3, 0.4) is 0 Å². The molecule has 2 unspecified atom stereocenters. The summed E-state index contributed by atoms with van der Waals surface area (Å²) in [5.74, 6) is -0.0485. The molecule has 20 heavy (non-hydrogen) atoms. The predicted molar refractivity (Wildman–Crippen MR) is 79.1 cm³/mol. The number of nitrogens with one attached hydrogen (secondary N) is 1. The predicted octanol–water partition coefficient (Wildman–Crippen LogP) is 1.43. The second kappa shape index (κ2) is 5.94. The molecule has 2 heterocycles. The average Bonchev–Trinajstić information content (AvgIpc) is 2.95. The molecular formula is C16H23N3O. The fraction of sp³-hybridized carbons (Fsp3) is 0.562. The molecular weight excluding hydrogens is 250 g/mol. The molecule has 1 aromatic carbocycles. The Labute approximate surface area is 120 Å². The van der Waals surface area contributed by atoms with Crippen LogP contribution in [0.15, 0.2) is 30.3 Å². The molecule has 0 spiro atoms. The fourth-order valence-corrected chi connectivity index (χ4v) is 3.46. The van der Waals surface area contributed by atoms with Gasteiger partial charge in [0.1, 0.15) is 6.04 Å². The maximum atomic E-state index is 12.3. The van der Waals surface area contributed by atoms with E-state index in [9.17, 15) is 4.79 Å². The van der Waals surface area contributed by atoms with Crippen molar-refractivity contribution in [2.75, 3.05) is 13.1 Å². The zero-order valence-electron chi connectivity index (χ0n) is 11.8. The summed E-state index contributed by atoms with van der Waals surface area (Å²) in [6.45, 7) is 2.34. The number of fused-ring (bicyclic) bond motifs is 1. The number of nitrogens with zero attached hydrogens (tertiary/aromatic N) is 1. The first-order valence-corrected chi connectivity index (χ1v) is 7.59. The molecule has 2 saturated heterocycles. The highest BCUT2D eigenvalue weighted by Crippen LogP contribution is 2.27.